The third kappa shape index (κ3) is 10.1. The molecule has 1 heterocycles. The van der Waals surface area contributed by atoms with Gasteiger partial charge in [-0.15, -0.1) is 9.35 Å². The number of hydrogen-bond acceptors (Lipinski definition) is 6. The molecule has 1 atom stereocenters. The summed E-state index contributed by atoms with van der Waals surface area (Å²) in [6.07, 6.45) is 2.50. The molecule has 0 aromatic heterocycles. The molecule has 6 nitrogen and oxygen atoms in total. The van der Waals surface area contributed by atoms with Crippen LogP contribution in [0.25, 0.3) is 33.0 Å². The molecule has 0 aliphatic carbocycles. The molecule has 1 unspecified atom stereocenters. The first-order chi connectivity index (χ1) is 31.4. The number of unbranched alkanes of at least 4 members (excludes halogenated alkanes) is 1. The zero-order valence-corrected chi connectivity index (χ0v) is 37.4. The van der Waals surface area contributed by atoms with Crippen LogP contribution in [0.4, 0.5) is 13.2 Å². The second-order valence-corrected chi connectivity index (χ2v) is 19.7. The third-order valence-corrected chi connectivity index (χ3v) is 14.8. The van der Waals surface area contributed by atoms with E-state index in [1.54, 1.807) is 23.9 Å². The van der Waals surface area contributed by atoms with Crippen molar-refractivity contribution in [3.63, 3.8) is 0 Å². The van der Waals surface area contributed by atoms with Gasteiger partial charge < -0.3 is 0 Å². The molecule has 8 aromatic rings. The Kier molecular flexibility index (Phi) is 13.7. The molecule has 9 rings (SSSR count). The number of carbonyl (C=O) groups excluding carboxylic acids is 2. The van der Waals surface area contributed by atoms with E-state index in [9.17, 15) is 31.2 Å². The molecule has 0 fully saturated rings. The number of hydroxylamine groups is 2. The lowest BCUT2D eigenvalue weighted by Crippen LogP contribution is -2.44. The van der Waals surface area contributed by atoms with Crippen LogP contribution in [0.3, 0.4) is 0 Å². The van der Waals surface area contributed by atoms with Crippen LogP contribution in [-0.2, 0) is 31.7 Å². The normalized spacial score (nSPS) is 13.0. The van der Waals surface area contributed by atoms with Gasteiger partial charge in [-0.05, 0) is 131 Å². The van der Waals surface area contributed by atoms with E-state index in [2.05, 4.69) is 168 Å². The van der Waals surface area contributed by atoms with E-state index in [0.717, 1.165) is 18.4 Å². The number of carbonyl (C=O) groups is 2. The number of alkyl halides is 3. The van der Waals surface area contributed by atoms with E-state index in [4.69, 9.17) is 0 Å². The number of benzene rings is 8. The first-order valence-corrected chi connectivity index (χ1v) is 24.2. The van der Waals surface area contributed by atoms with Gasteiger partial charge in [0.15, 0.2) is 14.7 Å². The molecule has 0 radical (unpaired) electrons. The maximum atomic E-state index is 12.6. The van der Waals surface area contributed by atoms with E-state index in [-0.39, 0.29) is 32.5 Å². The molecule has 0 bridgehead atoms. The lowest BCUT2D eigenvalue weighted by Gasteiger charge is -2.26. The van der Waals surface area contributed by atoms with E-state index in [1.165, 1.54) is 64.9 Å². The molecule has 65 heavy (non-hydrogen) atoms. The highest BCUT2D eigenvalue weighted by Gasteiger charge is 2.51. The zero-order valence-electron chi connectivity index (χ0n) is 34.9. The summed E-state index contributed by atoms with van der Waals surface area (Å²) in [6, 6.07) is 66.5. The van der Waals surface area contributed by atoms with Crippen LogP contribution in [0.2, 0.25) is 0 Å². The van der Waals surface area contributed by atoms with Crippen molar-refractivity contribution in [3.05, 3.63) is 211 Å². The van der Waals surface area contributed by atoms with Crippen LogP contribution >= 0.6 is 11.8 Å². The van der Waals surface area contributed by atoms with Crippen LogP contribution in [0, 0.1) is 0 Å². The first-order valence-electron chi connectivity index (χ1n) is 20.7. The Morgan fingerprint density at radius 1 is 0.538 bits per heavy atom. The number of halogens is 3. The van der Waals surface area contributed by atoms with Crippen molar-refractivity contribution < 1.29 is 35.5 Å². The molecular weight excluding hydrogens is 884 g/mol. The minimum atomic E-state index is -6.17. The van der Waals surface area contributed by atoms with Crippen molar-refractivity contribution >= 4 is 55.4 Å². The predicted octanol–water partition coefficient (Wildman–Crippen LogP) is 13.8. The summed E-state index contributed by atoms with van der Waals surface area (Å²) < 4.78 is 64.1. The lowest BCUT2D eigenvalue weighted by molar-refractivity contribution is -0.0761. The molecule has 0 spiro atoms. The van der Waals surface area contributed by atoms with Gasteiger partial charge in [-0.25, -0.2) is 0 Å². The van der Waals surface area contributed by atoms with E-state index in [0.29, 0.717) is 11.8 Å². The summed E-state index contributed by atoms with van der Waals surface area (Å²) in [6.45, 7) is 2.01. The van der Waals surface area contributed by atoms with Crippen LogP contribution in [0.1, 0.15) is 46.0 Å². The average molecular weight is 925 g/mol. The second kappa shape index (κ2) is 19.7. The van der Waals surface area contributed by atoms with Crippen molar-refractivity contribution in [3.8, 4) is 22.3 Å². The van der Waals surface area contributed by atoms with Crippen molar-refractivity contribution in [2.75, 3.05) is 0 Å². The van der Waals surface area contributed by atoms with Gasteiger partial charge in [0.1, 0.15) is 0 Å². The van der Waals surface area contributed by atoms with Crippen molar-refractivity contribution in [1.82, 2.24) is 5.06 Å². The monoisotopic (exact) mass is 924 g/mol. The molecule has 12 heteroatoms. The fourth-order valence-corrected chi connectivity index (χ4v) is 10.7. The summed E-state index contributed by atoms with van der Waals surface area (Å²) >= 11 is 1.81. The molecule has 8 aromatic carbocycles. The summed E-state index contributed by atoms with van der Waals surface area (Å²) in [5, 5.41) is 0.551. The Balaban J connectivity index is 0.000000188. The zero-order chi connectivity index (χ0) is 45.6. The number of aryl methyl sites for hydroxylation is 1. The third-order valence-electron chi connectivity index (χ3n) is 10.6. The molecule has 2 amide bonds. The van der Waals surface area contributed by atoms with Crippen molar-refractivity contribution in [2.24, 2.45) is 0 Å². The van der Waals surface area contributed by atoms with Gasteiger partial charge >= 0.3 is 15.6 Å². The largest absolute Gasteiger partial charge is 0.525 e. The average Bonchev–Trinajstić information content (AvgIpc) is 3.33. The number of amides is 2. The van der Waals surface area contributed by atoms with Crippen molar-refractivity contribution in [2.45, 2.75) is 56.2 Å². The Bertz CT molecular complexity index is 3020. The molecule has 0 saturated heterocycles. The van der Waals surface area contributed by atoms with E-state index < -0.39 is 27.4 Å². The summed E-state index contributed by atoms with van der Waals surface area (Å²) in [5.41, 5.74) is -0.100. The fourth-order valence-electron chi connectivity index (χ4n) is 7.43. The van der Waals surface area contributed by atoms with Crippen molar-refractivity contribution in [1.29, 1.82) is 0 Å². The SMILES string of the molecule is CCCCc1ccc2c3c(cccc13)C(=O)N(OS(=O)(=O)C(F)(F)F)C2=O.c1ccc(-c2ccc(Sc3ccc([S+](c4ccccc4)c4ccc(-c5ccccc5)cc4)cc3)cc2)cc1. The number of rotatable bonds is 12. The van der Waals surface area contributed by atoms with Crippen LogP contribution in [0.5, 0.6) is 0 Å². The number of hydrogen-bond donors (Lipinski definition) is 0. The van der Waals surface area contributed by atoms with E-state index >= 15 is 0 Å². The molecule has 1 aliphatic heterocycles. The number of nitrogens with zero attached hydrogens (tertiary/aromatic N) is 1. The van der Waals surface area contributed by atoms with Gasteiger partial charge in [-0.1, -0.05) is 134 Å². The first kappa shape index (κ1) is 45.1. The van der Waals surface area contributed by atoms with E-state index in [1.807, 2.05) is 6.92 Å². The van der Waals surface area contributed by atoms with Gasteiger partial charge in [0.05, 0.1) is 22.0 Å². The minimum absolute atomic E-state index is 0.0992. The minimum Gasteiger partial charge on any atom is -0.266 e. The highest BCUT2D eigenvalue weighted by atomic mass is 32.2. The Hall–Kier alpha value is -6.44. The fraction of sp³-hybridized carbons (Fsp3) is 0.0943. The molecule has 1 aliphatic rings. The van der Waals surface area contributed by atoms with Gasteiger partial charge in [-0.3, -0.25) is 9.59 Å². The van der Waals surface area contributed by atoms with Crippen LogP contribution in [0.15, 0.2) is 219 Å². The predicted molar refractivity (Wildman–Crippen MR) is 252 cm³/mol. The van der Waals surface area contributed by atoms with Gasteiger partial charge in [0.2, 0.25) is 0 Å². The summed E-state index contributed by atoms with van der Waals surface area (Å²) in [4.78, 5) is 31.5. The maximum absolute atomic E-state index is 12.6. The topological polar surface area (TPSA) is 80.8 Å². The number of imide groups is 1. The summed E-state index contributed by atoms with van der Waals surface area (Å²) in [5.74, 6) is -2.53. The Morgan fingerprint density at radius 2 is 0.985 bits per heavy atom. The van der Waals surface area contributed by atoms with Crippen LogP contribution < -0.4 is 0 Å². The van der Waals surface area contributed by atoms with Gasteiger partial charge in [0.25, 0.3) is 11.8 Å². The molecule has 326 valence electrons. The Morgan fingerprint density at radius 3 is 1.51 bits per heavy atom. The molecule has 0 N–H and O–H groups in total. The summed E-state index contributed by atoms with van der Waals surface area (Å²) in [7, 11) is -6.34. The highest BCUT2D eigenvalue weighted by Crippen LogP contribution is 2.37. The second-order valence-electron chi connectivity index (χ2n) is 15.0. The quantitative estimate of drug-likeness (QED) is 0.0690. The highest BCUT2D eigenvalue weighted by molar-refractivity contribution is 7.99. The standard InChI is InChI=1S/C36H27S2.C17H14F3NO5S/c1-4-10-28(11-5-1)30-16-20-32(21-17-30)37-33-22-26-36(27-23-33)38(34-14-8-3-9-15-34)35-24-18-31(19-25-35)29-12-6-2-7-13-29;1-2-3-5-10-8-9-13-14-11(10)6-4-7-12(14)15(22)21(16(13)23)26-27(24,25)17(18,19)20/h1-27H;4,6-9H,2-3,5H2,1H3/q+1;. The maximum Gasteiger partial charge on any atom is 0.525 e. The molecular formula is C53H41F3NO5S3+. The molecule has 0 saturated carbocycles. The smallest absolute Gasteiger partial charge is 0.266 e. The van der Waals surface area contributed by atoms with Gasteiger partial charge in [0, 0.05) is 15.2 Å². The Labute approximate surface area is 383 Å². The van der Waals surface area contributed by atoms with Gasteiger partial charge in [-0.2, -0.15) is 21.6 Å². The van der Waals surface area contributed by atoms with Crippen LogP contribution in [-0.4, -0.2) is 30.8 Å². The lowest BCUT2D eigenvalue weighted by atomic mass is 9.90.